The van der Waals surface area contributed by atoms with Crippen molar-refractivity contribution in [2.45, 2.75) is 59.0 Å². The molecule has 0 spiro atoms. The van der Waals surface area contributed by atoms with E-state index >= 15 is 0 Å². The van der Waals surface area contributed by atoms with Crippen molar-refractivity contribution in [3.05, 3.63) is 17.5 Å². The van der Waals surface area contributed by atoms with Crippen LogP contribution in [-0.4, -0.2) is 27.2 Å². The van der Waals surface area contributed by atoms with Gasteiger partial charge < -0.3 is 10.4 Å². The van der Waals surface area contributed by atoms with E-state index in [1.807, 2.05) is 19.9 Å². The molecule has 0 bridgehead atoms. The van der Waals surface area contributed by atoms with Gasteiger partial charge >= 0.3 is 0 Å². The molecule has 0 aliphatic heterocycles. The van der Waals surface area contributed by atoms with Crippen LogP contribution in [0, 0.1) is 6.92 Å². The Hall–Kier alpha value is -1.16. The molecular weight excluding hydrogens is 226 g/mol. The largest absolute Gasteiger partial charge is 0.388 e. The topological polar surface area (TPSA) is 58.0 Å². The van der Waals surface area contributed by atoms with Crippen LogP contribution in [0.25, 0.3) is 0 Å². The molecule has 18 heavy (non-hydrogen) atoms. The van der Waals surface area contributed by atoms with Crippen molar-refractivity contribution in [3.8, 4) is 0 Å². The van der Waals surface area contributed by atoms with Gasteiger partial charge in [-0.15, -0.1) is 0 Å². The molecule has 0 saturated heterocycles. The van der Waals surface area contributed by atoms with E-state index in [0.717, 1.165) is 24.2 Å². The summed E-state index contributed by atoms with van der Waals surface area (Å²) in [6.07, 6.45) is 1.73. The zero-order valence-electron chi connectivity index (χ0n) is 12.1. The maximum absolute atomic E-state index is 10.1. The minimum atomic E-state index is -0.708. The monoisotopic (exact) mass is 251 g/mol. The minimum Gasteiger partial charge on any atom is -0.388 e. The van der Waals surface area contributed by atoms with Crippen molar-refractivity contribution >= 4 is 5.95 Å². The normalized spacial score (nSPS) is 14.6. The van der Waals surface area contributed by atoms with E-state index in [4.69, 9.17) is 0 Å². The maximum atomic E-state index is 10.1. The summed E-state index contributed by atoms with van der Waals surface area (Å²) in [5.74, 6) is 0.985. The van der Waals surface area contributed by atoms with E-state index < -0.39 is 5.60 Å². The van der Waals surface area contributed by atoms with Crippen molar-refractivity contribution in [1.82, 2.24) is 9.97 Å². The zero-order chi connectivity index (χ0) is 13.8. The molecule has 0 fully saturated rings. The van der Waals surface area contributed by atoms with Crippen LogP contribution in [0.5, 0.6) is 0 Å². The molecule has 0 aromatic carbocycles. The number of aliphatic hydroxyl groups is 1. The predicted molar refractivity (Wildman–Crippen MR) is 74.9 cm³/mol. The van der Waals surface area contributed by atoms with Crippen molar-refractivity contribution in [1.29, 1.82) is 0 Å². The molecule has 1 unspecified atom stereocenters. The molecular formula is C14H25N3O. The number of anilines is 1. The third-order valence-corrected chi connectivity index (χ3v) is 2.88. The molecule has 1 atom stereocenters. The number of hydrogen-bond donors (Lipinski definition) is 2. The SMILES string of the molecule is CCCC(C)(O)CNc1nc(C)cc(C(C)C)n1. The van der Waals surface area contributed by atoms with E-state index in [2.05, 4.69) is 36.1 Å². The van der Waals surface area contributed by atoms with Gasteiger partial charge in [0.05, 0.1) is 5.60 Å². The molecule has 0 saturated carbocycles. The standard InChI is InChI=1S/C14H25N3O/c1-6-7-14(5,18)9-15-13-16-11(4)8-12(17-13)10(2)3/h8,10,18H,6-7,9H2,1-5H3,(H,15,16,17). The van der Waals surface area contributed by atoms with Gasteiger partial charge in [0.15, 0.2) is 0 Å². The first-order valence-corrected chi connectivity index (χ1v) is 6.66. The van der Waals surface area contributed by atoms with Crippen LogP contribution in [-0.2, 0) is 0 Å². The van der Waals surface area contributed by atoms with Gasteiger partial charge in [-0.1, -0.05) is 27.2 Å². The summed E-state index contributed by atoms with van der Waals surface area (Å²) in [5, 5.41) is 13.2. The highest BCUT2D eigenvalue weighted by Gasteiger charge is 2.19. The summed E-state index contributed by atoms with van der Waals surface area (Å²) in [6, 6.07) is 2.00. The van der Waals surface area contributed by atoms with Gasteiger partial charge in [0, 0.05) is 17.9 Å². The molecule has 1 rings (SSSR count). The number of nitrogens with zero attached hydrogens (tertiary/aromatic N) is 2. The summed E-state index contributed by atoms with van der Waals surface area (Å²) in [5.41, 5.74) is 1.27. The fourth-order valence-electron chi connectivity index (χ4n) is 1.86. The van der Waals surface area contributed by atoms with Crippen molar-refractivity contribution in [3.63, 3.8) is 0 Å². The molecule has 102 valence electrons. The lowest BCUT2D eigenvalue weighted by atomic mass is 10.0. The summed E-state index contributed by atoms with van der Waals surface area (Å²) < 4.78 is 0. The molecule has 1 heterocycles. The molecule has 1 aromatic heterocycles. The van der Waals surface area contributed by atoms with Gasteiger partial charge in [0.25, 0.3) is 0 Å². The Morgan fingerprint density at radius 1 is 1.39 bits per heavy atom. The number of rotatable bonds is 6. The van der Waals surface area contributed by atoms with Crippen LogP contribution in [0.1, 0.15) is 57.8 Å². The first-order valence-electron chi connectivity index (χ1n) is 6.66. The average Bonchev–Trinajstić information content (AvgIpc) is 2.26. The van der Waals surface area contributed by atoms with Crippen LogP contribution < -0.4 is 5.32 Å². The van der Waals surface area contributed by atoms with E-state index in [1.165, 1.54) is 0 Å². The average molecular weight is 251 g/mol. The van der Waals surface area contributed by atoms with Crippen LogP contribution in [0.15, 0.2) is 6.07 Å². The van der Waals surface area contributed by atoms with Gasteiger partial charge in [-0.3, -0.25) is 0 Å². The molecule has 0 radical (unpaired) electrons. The summed E-state index contributed by atoms with van der Waals surface area (Å²) in [6.45, 7) is 10.6. The summed E-state index contributed by atoms with van der Waals surface area (Å²) in [4.78, 5) is 8.81. The van der Waals surface area contributed by atoms with Crippen molar-refractivity contribution < 1.29 is 5.11 Å². The van der Waals surface area contributed by atoms with Crippen LogP contribution >= 0.6 is 0 Å². The van der Waals surface area contributed by atoms with E-state index in [0.29, 0.717) is 18.4 Å². The highest BCUT2D eigenvalue weighted by atomic mass is 16.3. The van der Waals surface area contributed by atoms with Crippen LogP contribution in [0.3, 0.4) is 0 Å². The van der Waals surface area contributed by atoms with Gasteiger partial charge in [-0.05, 0) is 32.3 Å². The van der Waals surface area contributed by atoms with E-state index in [9.17, 15) is 5.11 Å². The number of aromatic nitrogens is 2. The second-order valence-electron chi connectivity index (χ2n) is 5.51. The second-order valence-corrected chi connectivity index (χ2v) is 5.51. The number of aryl methyl sites for hydroxylation is 1. The van der Waals surface area contributed by atoms with Gasteiger partial charge in [0.2, 0.25) is 5.95 Å². The quantitative estimate of drug-likeness (QED) is 0.816. The van der Waals surface area contributed by atoms with E-state index in [-0.39, 0.29) is 0 Å². The fourth-order valence-corrected chi connectivity index (χ4v) is 1.86. The molecule has 0 aliphatic rings. The lowest BCUT2D eigenvalue weighted by Gasteiger charge is -2.23. The number of hydrogen-bond acceptors (Lipinski definition) is 4. The maximum Gasteiger partial charge on any atom is 0.223 e. The van der Waals surface area contributed by atoms with Gasteiger partial charge in [-0.25, -0.2) is 9.97 Å². The summed E-state index contributed by atoms with van der Waals surface area (Å²) >= 11 is 0. The molecule has 4 nitrogen and oxygen atoms in total. The Morgan fingerprint density at radius 3 is 2.61 bits per heavy atom. The molecule has 2 N–H and O–H groups in total. The third kappa shape index (κ3) is 4.61. The summed E-state index contributed by atoms with van der Waals surface area (Å²) in [7, 11) is 0. The third-order valence-electron chi connectivity index (χ3n) is 2.88. The lowest BCUT2D eigenvalue weighted by Crippen LogP contribution is -2.33. The van der Waals surface area contributed by atoms with Gasteiger partial charge in [-0.2, -0.15) is 0 Å². The molecule has 1 aromatic rings. The smallest absolute Gasteiger partial charge is 0.223 e. The minimum absolute atomic E-state index is 0.378. The molecule has 0 aliphatic carbocycles. The Bertz CT molecular complexity index is 389. The Kier molecular flexibility index (Phi) is 5.08. The first-order chi connectivity index (χ1) is 8.34. The second kappa shape index (κ2) is 6.14. The molecule has 0 amide bonds. The van der Waals surface area contributed by atoms with Crippen LogP contribution in [0.2, 0.25) is 0 Å². The Balaban J connectivity index is 2.73. The van der Waals surface area contributed by atoms with Crippen LogP contribution in [0.4, 0.5) is 5.95 Å². The van der Waals surface area contributed by atoms with Crippen molar-refractivity contribution in [2.24, 2.45) is 0 Å². The molecule has 4 heteroatoms. The van der Waals surface area contributed by atoms with E-state index in [1.54, 1.807) is 0 Å². The Morgan fingerprint density at radius 2 is 2.06 bits per heavy atom. The van der Waals surface area contributed by atoms with Gasteiger partial charge in [0.1, 0.15) is 0 Å². The number of nitrogens with one attached hydrogen (secondary N) is 1. The zero-order valence-corrected chi connectivity index (χ0v) is 12.1. The first kappa shape index (κ1) is 14.9. The fraction of sp³-hybridized carbons (Fsp3) is 0.714. The lowest BCUT2D eigenvalue weighted by molar-refractivity contribution is 0.0635. The highest BCUT2D eigenvalue weighted by molar-refractivity contribution is 5.29. The van der Waals surface area contributed by atoms with Crippen molar-refractivity contribution in [2.75, 3.05) is 11.9 Å². The predicted octanol–water partition coefficient (Wildman–Crippen LogP) is 2.87. The highest BCUT2D eigenvalue weighted by Crippen LogP contribution is 2.16. The Labute approximate surface area is 110 Å².